The number of methoxy groups -OCH3 is 1. The third kappa shape index (κ3) is 9.39. The summed E-state index contributed by atoms with van der Waals surface area (Å²) in [5.74, 6) is 0.752. The fourth-order valence-electron chi connectivity index (χ4n) is 2.05. The molecule has 0 heterocycles. The Balaban J connectivity index is 0.00000480. The molecule has 0 fully saturated rings. The van der Waals surface area contributed by atoms with Crippen LogP contribution < -0.4 is 15.4 Å². The first-order valence-electron chi connectivity index (χ1n) is 8.88. The minimum absolute atomic E-state index is 0. The number of aliphatic hydroxyl groups excluding tert-OH is 1. The van der Waals surface area contributed by atoms with Gasteiger partial charge in [-0.05, 0) is 55.8 Å². The Morgan fingerprint density at radius 3 is 1.61 bits per heavy atom. The molecule has 11 heteroatoms. The molecule has 0 saturated carbocycles. The zero-order valence-electron chi connectivity index (χ0n) is 17.1. The van der Waals surface area contributed by atoms with Gasteiger partial charge in [0.25, 0.3) is 0 Å². The van der Waals surface area contributed by atoms with Crippen molar-refractivity contribution in [2.45, 2.75) is 20.5 Å². The number of anilines is 2. The Kier molecular flexibility index (Phi) is 11.7. The smallest absolute Gasteiger partial charge is 0.741 e. The number of hydrogen-bond acceptors (Lipinski definition) is 8. The zero-order valence-corrected chi connectivity index (χ0v) is 19.7. The summed E-state index contributed by atoms with van der Waals surface area (Å²) in [5, 5.41) is 31.5. The number of aliphatic hydroxyl groups is 1. The molecule has 31 heavy (non-hydrogen) atoms. The van der Waals surface area contributed by atoms with Crippen molar-refractivity contribution in [3.63, 3.8) is 0 Å². The van der Waals surface area contributed by atoms with Crippen LogP contribution in [0, 0.1) is 0 Å². The van der Waals surface area contributed by atoms with Gasteiger partial charge in [0.1, 0.15) is 5.75 Å². The van der Waals surface area contributed by atoms with Crippen molar-refractivity contribution in [2.75, 3.05) is 17.7 Å². The fraction of sp³-hybridized carbons (Fsp3) is 0.200. The molecule has 2 rings (SSSR count). The van der Waals surface area contributed by atoms with Crippen molar-refractivity contribution in [1.82, 2.24) is 0 Å². The van der Waals surface area contributed by atoms with E-state index in [4.69, 9.17) is 35.1 Å². The first kappa shape index (κ1) is 26.4. The molecule has 3 N–H and O–H groups in total. The van der Waals surface area contributed by atoms with Crippen molar-refractivity contribution >= 4 is 58.4 Å². The van der Waals surface area contributed by atoms with Crippen LogP contribution in [0.15, 0.2) is 68.9 Å². The first-order valence-corrected chi connectivity index (χ1v) is 9.69. The monoisotopic (exact) mass is 500 g/mol. The Morgan fingerprint density at radius 1 is 0.806 bits per heavy atom. The summed E-state index contributed by atoms with van der Waals surface area (Å²) in [5.41, 5.74) is 3.44. The molecule has 0 unspecified atom stereocenters. The van der Waals surface area contributed by atoms with Crippen molar-refractivity contribution in [3.05, 3.63) is 54.1 Å². The van der Waals surface area contributed by atoms with Gasteiger partial charge >= 0.3 is 16.5 Å². The number of benzene rings is 2. The van der Waals surface area contributed by atoms with Crippen molar-refractivity contribution in [2.24, 2.45) is 20.4 Å². The van der Waals surface area contributed by atoms with Crippen LogP contribution in [0.1, 0.15) is 19.4 Å². The van der Waals surface area contributed by atoms with E-state index in [2.05, 4.69) is 31.0 Å². The number of amidine groups is 2. The zero-order chi connectivity index (χ0) is 21.9. The summed E-state index contributed by atoms with van der Waals surface area (Å²) < 4.78 is 5.11. The maximum absolute atomic E-state index is 9.06. The van der Waals surface area contributed by atoms with Gasteiger partial charge in [-0.15, -0.1) is 0 Å². The molecule has 2 aromatic rings. The van der Waals surface area contributed by atoms with Gasteiger partial charge in [-0.1, -0.05) is 12.1 Å². The number of nitrogens with one attached hydrogen (secondary N) is 2. The first-order chi connectivity index (χ1) is 14.4. The summed E-state index contributed by atoms with van der Waals surface area (Å²) in [6, 6.07) is 14.5. The molecule has 0 amide bonds. The van der Waals surface area contributed by atoms with E-state index >= 15 is 0 Å². The number of nitrogens with zero attached hydrogens (tertiary/aromatic N) is 4. The molecule has 0 aliphatic carbocycles. The van der Waals surface area contributed by atoms with Gasteiger partial charge in [-0.3, -0.25) is 0 Å². The van der Waals surface area contributed by atoms with E-state index in [1.807, 2.05) is 24.3 Å². The molecular formula is C20H22N6NiO2S2. The summed E-state index contributed by atoms with van der Waals surface area (Å²) in [6.07, 6.45) is 0. The molecule has 8 nitrogen and oxygen atoms in total. The Labute approximate surface area is 202 Å². The van der Waals surface area contributed by atoms with E-state index in [0.717, 1.165) is 22.7 Å². The van der Waals surface area contributed by atoms with Crippen molar-refractivity contribution < 1.29 is 26.3 Å². The molecular weight excluding hydrogens is 479 g/mol. The average Bonchev–Trinajstić information content (AvgIpc) is 2.76. The van der Waals surface area contributed by atoms with Gasteiger partial charge in [-0.2, -0.15) is 20.4 Å². The molecule has 0 spiro atoms. The minimum Gasteiger partial charge on any atom is -0.741 e. The Hall–Kier alpha value is -2.59. The number of ether oxygens (including phenoxy) is 1. The van der Waals surface area contributed by atoms with Crippen LogP contribution >= 0.6 is 0 Å². The van der Waals surface area contributed by atoms with Gasteiger partial charge in [0.15, 0.2) is 0 Å². The van der Waals surface area contributed by atoms with Crippen molar-refractivity contribution in [1.29, 1.82) is 0 Å². The predicted molar refractivity (Wildman–Crippen MR) is 128 cm³/mol. The van der Waals surface area contributed by atoms with Crippen LogP contribution in [0.5, 0.6) is 5.75 Å². The van der Waals surface area contributed by atoms with E-state index < -0.39 is 0 Å². The topological polar surface area (TPSA) is 103 Å². The number of rotatable bonds is 7. The molecule has 0 aliphatic heterocycles. The summed E-state index contributed by atoms with van der Waals surface area (Å²) in [6.45, 7) is 3.48. The van der Waals surface area contributed by atoms with Gasteiger partial charge in [0, 0.05) is 21.7 Å². The average molecular weight is 501 g/mol. The summed E-state index contributed by atoms with van der Waals surface area (Å²) in [4.78, 5) is 0. The third-order valence-corrected chi connectivity index (χ3v) is 4.20. The third-order valence-electron chi connectivity index (χ3n) is 3.83. The molecule has 0 saturated heterocycles. The second-order valence-electron chi connectivity index (χ2n) is 6.01. The van der Waals surface area contributed by atoms with Crippen LogP contribution in [-0.4, -0.2) is 34.0 Å². The van der Waals surface area contributed by atoms with E-state index in [9.17, 15) is 0 Å². The van der Waals surface area contributed by atoms with Gasteiger partial charge in [0.2, 0.25) is 0 Å². The number of hydrogen-bond donors (Lipinski definition) is 3. The second kappa shape index (κ2) is 13.7. The Bertz CT molecular complexity index is 881. The second-order valence-corrected chi connectivity index (χ2v) is 6.79. The van der Waals surface area contributed by atoms with E-state index in [1.54, 1.807) is 45.2 Å². The predicted octanol–water partition coefficient (Wildman–Crippen LogP) is 3.27. The summed E-state index contributed by atoms with van der Waals surface area (Å²) in [7, 11) is 1.61. The molecule has 0 bridgehead atoms. The summed E-state index contributed by atoms with van der Waals surface area (Å²) >= 11 is 10.3. The SMILES string of the molecule is COc1ccc(NC([S-])=NN=C(C)C(C)=NN=C([S-])Nc2ccc(CO)cc2)cc1.[Ni+2]. The molecule has 0 aromatic heterocycles. The van der Waals surface area contributed by atoms with Gasteiger partial charge < -0.3 is 45.7 Å². The minimum atomic E-state index is -0.0126. The maximum Gasteiger partial charge on any atom is 2.00 e. The molecule has 0 atom stereocenters. The van der Waals surface area contributed by atoms with E-state index in [1.165, 1.54) is 0 Å². The Morgan fingerprint density at radius 2 is 1.23 bits per heavy atom. The fourth-order valence-corrected chi connectivity index (χ4v) is 2.37. The van der Waals surface area contributed by atoms with E-state index in [-0.39, 0.29) is 33.4 Å². The van der Waals surface area contributed by atoms with Crippen LogP contribution in [0.25, 0.3) is 0 Å². The van der Waals surface area contributed by atoms with E-state index in [0.29, 0.717) is 11.4 Å². The normalized spacial score (nSPS) is 12.8. The standard InChI is InChI=1S/C20H24N6O2S2.Ni/c1-13(23-25-19(29)21-16-6-4-15(12-27)5-7-16)14(2)24-26-20(30)22-17-8-10-18(28-3)11-9-17;/h4-11,27H,12H2,1-3H3,(H2,21,25,29)(H2,22,26,30);/q;+2/p-2. The van der Waals surface area contributed by atoms with Gasteiger partial charge in [0.05, 0.1) is 25.1 Å². The largest absolute Gasteiger partial charge is 2.00 e. The quantitative estimate of drug-likeness (QED) is 0.177. The molecule has 0 aliphatic rings. The van der Waals surface area contributed by atoms with Crippen LogP contribution in [0.3, 0.4) is 0 Å². The maximum atomic E-state index is 9.06. The van der Waals surface area contributed by atoms with Crippen LogP contribution in [0.4, 0.5) is 11.4 Å². The molecule has 2 aromatic carbocycles. The van der Waals surface area contributed by atoms with Crippen molar-refractivity contribution in [3.8, 4) is 5.75 Å². The van der Waals surface area contributed by atoms with Crippen LogP contribution in [0.2, 0.25) is 0 Å². The van der Waals surface area contributed by atoms with Gasteiger partial charge in [-0.25, -0.2) is 0 Å². The molecule has 0 radical (unpaired) electrons. The molecule has 166 valence electrons. The van der Waals surface area contributed by atoms with Crippen LogP contribution in [-0.2, 0) is 48.4 Å².